The molecule has 0 bridgehead atoms. The molecule has 2 aliphatic rings. The predicted octanol–water partition coefficient (Wildman–Crippen LogP) is 0.412. The molecule has 0 aromatic rings. The summed E-state index contributed by atoms with van der Waals surface area (Å²) in [5.74, 6) is 2.60. The molecule has 0 amide bonds. The minimum atomic E-state index is 0.402. The van der Waals surface area contributed by atoms with E-state index in [0.717, 1.165) is 32.3 Å². The van der Waals surface area contributed by atoms with E-state index in [0.29, 0.717) is 6.10 Å². The van der Waals surface area contributed by atoms with E-state index in [1.165, 1.54) is 17.9 Å². The van der Waals surface area contributed by atoms with Crippen LogP contribution < -0.4 is 5.32 Å². The van der Waals surface area contributed by atoms with E-state index in [1.54, 1.807) is 0 Å². The Bertz CT molecular complexity index is 174. The highest BCUT2D eigenvalue weighted by Crippen LogP contribution is 2.17. The summed E-state index contributed by atoms with van der Waals surface area (Å²) in [6.45, 7) is 4.07. The van der Waals surface area contributed by atoms with Gasteiger partial charge in [0.15, 0.2) is 0 Å². The number of hydrogen-bond donors (Lipinski definition) is 1. The largest absolute Gasteiger partial charge is 0.374 e. The van der Waals surface area contributed by atoms with Crippen LogP contribution in [-0.4, -0.2) is 61.8 Å². The zero-order chi connectivity index (χ0) is 9.80. The first-order valence-electron chi connectivity index (χ1n) is 5.46. The van der Waals surface area contributed by atoms with Crippen LogP contribution >= 0.6 is 11.8 Å². The van der Waals surface area contributed by atoms with E-state index < -0.39 is 0 Å². The second-order valence-electron chi connectivity index (χ2n) is 4.22. The highest BCUT2D eigenvalue weighted by molar-refractivity contribution is 7.99. The summed E-state index contributed by atoms with van der Waals surface area (Å²) in [5.41, 5.74) is 0. The summed E-state index contributed by atoms with van der Waals surface area (Å²) in [4.78, 5) is 2.35. The number of morpholine rings is 1. The van der Waals surface area contributed by atoms with Gasteiger partial charge in [0.05, 0.1) is 12.7 Å². The van der Waals surface area contributed by atoms with Crippen LogP contribution in [0, 0.1) is 0 Å². The molecule has 3 nitrogen and oxygen atoms in total. The summed E-state index contributed by atoms with van der Waals surface area (Å²) in [7, 11) is 2.17. The predicted molar refractivity (Wildman–Crippen MR) is 61.0 cm³/mol. The highest BCUT2D eigenvalue weighted by atomic mass is 32.2. The Hall–Kier alpha value is 0.230. The van der Waals surface area contributed by atoms with Gasteiger partial charge in [-0.05, 0) is 19.2 Å². The number of hydrogen-bond acceptors (Lipinski definition) is 4. The van der Waals surface area contributed by atoms with Gasteiger partial charge in [0.25, 0.3) is 0 Å². The zero-order valence-corrected chi connectivity index (χ0v) is 9.68. The van der Waals surface area contributed by atoms with Crippen LogP contribution in [0.3, 0.4) is 0 Å². The summed E-state index contributed by atoms with van der Waals surface area (Å²) in [6, 6.07) is 0.732. The normalized spacial score (nSPS) is 34.9. The smallest absolute Gasteiger partial charge is 0.0826 e. The molecule has 0 unspecified atom stereocenters. The van der Waals surface area contributed by atoms with Gasteiger partial charge in [-0.1, -0.05) is 0 Å². The first-order chi connectivity index (χ1) is 6.84. The fraction of sp³-hybridized carbons (Fsp3) is 1.00. The van der Waals surface area contributed by atoms with Crippen molar-refractivity contribution in [2.24, 2.45) is 0 Å². The maximum Gasteiger partial charge on any atom is 0.0826 e. The van der Waals surface area contributed by atoms with Gasteiger partial charge in [-0.2, -0.15) is 11.8 Å². The molecule has 0 spiro atoms. The van der Waals surface area contributed by atoms with Crippen LogP contribution in [0.2, 0.25) is 0 Å². The number of rotatable bonds is 3. The standard InChI is InChI=1S/C10H20N2OS/c1-12-3-4-13-10(7-12)6-11-9-2-5-14-8-9/h9-11H,2-8H2,1H3/t9-,10+/m0/s1. The van der Waals surface area contributed by atoms with Gasteiger partial charge < -0.3 is 15.0 Å². The van der Waals surface area contributed by atoms with E-state index in [2.05, 4.69) is 29.0 Å². The molecule has 0 aromatic carbocycles. The summed E-state index contributed by atoms with van der Waals surface area (Å²) >= 11 is 2.06. The van der Waals surface area contributed by atoms with Gasteiger partial charge in [0.2, 0.25) is 0 Å². The Kier molecular flexibility index (Phi) is 4.10. The molecule has 82 valence electrons. The fourth-order valence-electron chi connectivity index (χ4n) is 1.98. The maximum absolute atomic E-state index is 5.70. The molecule has 0 aliphatic carbocycles. The van der Waals surface area contributed by atoms with Gasteiger partial charge in [0, 0.05) is 31.4 Å². The van der Waals surface area contributed by atoms with Crippen molar-refractivity contribution < 1.29 is 4.74 Å². The Labute approximate surface area is 90.6 Å². The van der Waals surface area contributed by atoms with Crippen molar-refractivity contribution in [2.45, 2.75) is 18.6 Å². The first-order valence-corrected chi connectivity index (χ1v) is 6.61. The van der Waals surface area contributed by atoms with Crippen molar-refractivity contribution in [1.82, 2.24) is 10.2 Å². The first kappa shape index (κ1) is 10.7. The van der Waals surface area contributed by atoms with Crippen molar-refractivity contribution in [2.75, 3.05) is 44.8 Å². The van der Waals surface area contributed by atoms with E-state index in [4.69, 9.17) is 4.74 Å². The molecule has 2 aliphatic heterocycles. The average molecular weight is 216 g/mol. The minimum absolute atomic E-state index is 0.402. The van der Waals surface area contributed by atoms with Gasteiger partial charge >= 0.3 is 0 Å². The molecular weight excluding hydrogens is 196 g/mol. The van der Waals surface area contributed by atoms with E-state index in [1.807, 2.05) is 0 Å². The van der Waals surface area contributed by atoms with Crippen molar-refractivity contribution in [1.29, 1.82) is 0 Å². The Morgan fingerprint density at radius 1 is 1.57 bits per heavy atom. The second-order valence-corrected chi connectivity index (χ2v) is 5.37. The molecule has 0 saturated carbocycles. The van der Waals surface area contributed by atoms with E-state index >= 15 is 0 Å². The lowest BCUT2D eigenvalue weighted by molar-refractivity contribution is -0.0189. The van der Waals surface area contributed by atoms with Gasteiger partial charge in [-0.15, -0.1) is 0 Å². The van der Waals surface area contributed by atoms with Gasteiger partial charge in [0.1, 0.15) is 0 Å². The lowest BCUT2D eigenvalue weighted by atomic mass is 10.2. The van der Waals surface area contributed by atoms with Crippen LogP contribution in [0.1, 0.15) is 6.42 Å². The van der Waals surface area contributed by atoms with Gasteiger partial charge in [-0.25, -0.2) is 0 Å². The molecule has 2 fully saturated rings. The van der Waals surface area contributed by atoms with Gasteiger partial charge in [-0.3, -0.25) is 0 Å². The molecule has 2 heterocycles. The Morgan fingerprint density at radius 3 is 3.21 bits per heavy atom. The third-order valence-corrected chi connectivity index (χ3v) is 4.07. The van der Waals surface area contributed by atoms with Crippen molar-refractivity contribution in [3.63, 3.8) is 0 Å². The minimum Gasteiger partial charge on any atom is -0.374 e. The second kappa shape index (κ2) is 5.35. The summed E-state index contributed by atoms with van der Waals surface area (Å²) in [6.07, 6.45) is 1.73. The van der Waals surface area contributed by atoms with Crippen LogP contribution in [0.15, 0.2) is 0 Å². The average Bonchev–Trinajstić information content (AvgIpc) is 2.67. The van der Waals surface area contributed by atoms with Crippen LogP contribution in [0.25, 0.3) is 0 Å². The number of likely N-dealkylation sites (N-methyl/N-ethyl adjacent to an activating group) is 1. The number of thioether (sulfide) groups is 1. The zero-order valence-electron chi connectivity index (χ0n) is 8.87. The highest BCUT2D eigenvalue weighted by Gasteiger charge is 2.20. The molecule has 14 heavy (non-hydrogen) atoms. The van der Waals surface area contributed by atoms with Crippen LogP contribution in [0.4, 0.5) is 0 Å². The molecule has 0 aromatic heterocycles. The van der Waals surface area contributed by atoms with E-state index in [9.17, 15) is 0 Å². The number of nitrogens with zero attached hydrogens (tertiary/aromatic N) is 1. The number of nitrogens with one attached hydrogen (secondary N) is 1. The molecule has 2 saturated heterocycles. The molecular formula is C10H20N2OS. The summed E-state index contributed by atoms with van der Waals surface area (Å²) in [5, 5.41) is 3.60. The Balaban J connectivity index is 1.64. The molecule has 2 atom stereocenters. The van der Waals surface area contributed by atoms with Crippen molar-refractivity contribution in [3.8, 4) is 0 Å². The molecule has 1 N–H and O–H groups in total. The lowest BCUT2D eigenvalue weighted by Gasteiger charge is -2.30. The topological polar surface area (TPSA) is 24.5 Å². The lowest BCUT2D eigenvalue weighted by Crippen LogP contribution is -2.46. The maximum atomic E-state index is 5.70. The summed E-state index contributed by atoms with van der Waals surface area (Å²) < 4.78 is 5.70. The third-order valence-electron chi connectivity index (χ3n) is 2.91. The van der Waals surface area contributed by atoms with Crippen molar-refractivity contribution in [3.05, 3.63) is 0 Å². The number of ether oxygens (including phenoxy) is 1. The van der Waals surface area contributed by atoms with E-state index in [-0.39, 0.29) is 0 Å². The fourth-order valence-corrected chi connectivity index (χ4v) is 3.17. The third kappa shape index (κ3) is 3.12. The SMILES string of the molecule is CN1CCO[C@H](CN[C@H]2CCSC2)C1. The van der Waals surface area contributed by atoms with Crippen LogP contribution in [-0.2, 0) is 4.74 Å². The Morgan fingerprint density at radius 2 is 2.50 bits per heavy atom. The monoisotopic (exact) mass is 216 g/mol. The molecule has 4 heteroatoms. The molecule has 0 radical (unpaired) electrons. The van der Waals surface area contributed by atoms with Crippen LogP contribution in [0.5, 0.6) is 0 Å². The van der Waals surface area contributed by atoms with Crippen molar-refractivity contribution >= 4 is 11.8 Å². The quantitative estimate of drug-likeness (QED) is 0.738. The molecule has 2 rings (SSSR count).